The molecule has 0 bridgehead atoms. The highest BCUT2D eigenvalue weighted by Gasteiger charge is 2.33. The van der Waals surface area contributed by atoms with Crippen LogP contribution in [-0.2, 0) is 10.3 Å². The molecule has 1 heterocycles. The lowest BCUT2D eigenvalue weighted by Gasteiger charge is -2.22. The molecule has 4 N–H and O–H groups in total. The van der Waals surface area contributed by atoms with Crippen LogP contribution in [0, 0.1) is 5.92 Å². The van der Waals surface area contributed by atoms with E-state index in [1.165, 1.54) is 6.26 Å². The van der Waals surface area contributed by atoms with Crippen LogP contribution in [0.5, 0.6) is 0 Å². The molecular formula is C18H31IN4O4. The number of nitrogens with one attached hydrogen (secondary N) is 3. The van der Waals surface area contributed by atoms with Crippen LogP contribution < -0.4 is 16.0 Å². The van der Waals surface area contributed by atoms with Gasteiger partial charge in [0.2, 0.25) is 0 Å². The number of nitrogens with zero attached hydrogens (tertiary/aromatic N) is 1. The Hall–Kier alpha value is -1.49. The number of aliphatic hydroxyl groups is 1. The van der Waals surface area contributed by atoms with E-state index in [9.17, 15) is 9.90 Å². The molecule has 0 aliphatic heterocycles. The fourth-order valence-corrected chi connectivity index (χ4v) is 2.60. The molecule has 27 heavy (non-hydrogen) atoms. The highest BCUT2D eigenvalue weighted by atomic mass is 127. The monoisotopic (exact) mass is 494 g/mol. The van der Waals surface area contributed by atoms with Gasteiger partial charge in [-0.3, -0.25) is 0 Å². The number of halogens is 1. The first-order chi connectivity index (χ1) is 12.5. The van der Waals surface area contributed by atoms with E-state index in [1.54, 1.807) is 26.0 Å². The van der Waals surface area contributed by atoms with Crippen molar-refractivity contribution >= 4 is 36.0 Å². The molecule has 154 valence electrons. The Morgan fingerprint density at radius 2 is 2.19 bits per heavy atom. The van der Waals surface area contributed by atoms with Gasteiger partial charge < -0.3 is 30.2 Å². The van der Waals surface area contributed by atoms with Gasteiger partial charge in [0.1, 0.15) is 11.4 Å². The molecule has 0 spiro atoms. The highest BCUT2D eigenvalue weighted by Crippen LogP contribution is 2.32. The third kappa shape index (κ3) is 7.96. The van der Waals surface area contributed by atoms with Gasteiger partial charge in [-0.1, -0.05) is 0 Å². The Kier molecular flexibility index (Phi) is 9.92. The zero-order valence-corrected chi connectivity index (χ0v) is 18.5. The van der Waals surface area contributed by atoms with Crippen molar-refractivity contribution in [1.29, 1.82) is 0 Å². The maximum absolute atomic E-state index is 11.7. The number of hydrogen-bond acceptors (Lipinski definition) is 5. The third-order valence-electron chi connectivity index (χ3n) is 4.20. The first-order valence-corrected chi connectivity index (χ1v) is 9.18. The molecule has 2 unspecified atom stereocenters. The van der Waals surface area contributed by atoms with E-state index >= 15 is 0 Å². The molecule has 2 rings (SSSR count). The number of aliphatic imine (C=N–C) groups is 1. The van der Waals surface area contributed by atoms with Gasteiger partial charge in [0.15, 0.2) is 5.96 Å². The van der Waals surface area contributed by atoms with Crippen LogP contribution in [0.25, 0.3) is 0 Å². The van der Waals surface area contributed by atoms with Crippen molar-refractivity contribution < 1.29 is 19.1 Å². The molecule has 1 aromatic heterocycles. The molecule has 1 aromatic rings. The standard InChI is InChI=1S/C18H30N4O4.HI/c1-4-19-16(21-12-18(3,24)15-7-6-10-26-15)20-11-14(13-8-9-13)22-17(23)25-5-2;/h6-7,10,13-14,24H,4-5,8-9,11-12H2,1-3H3,(H,22,23)(H2,19,20,21);1H. The number of amides is 1. The Morgan fingerprint density at radius 1 is 1.44 bits per heavy atom. The van der Waals surface area contributed by atoms with Crippen molar-refractivity contribution in [2.45, 2.75) is 45.3 Å². The molecule has 1 saturated carbocycles. The van der Waals surface area contributed by atoms with Crippen LogP contribution in [0.2, 0.25) is 0 Å². The van der Waals surface area contributed by atoms with E-state index in [4.69, 9.17) is 9.15 Å². The molecule has 0 saturated heterocycles. The lowest BCUT2D eigenvalue weighted by Crippen LogP contribution is -2.48. The normalized spacial score (nSPS) is 17.3. The zero-order valence-electron chi connectivity index (χ0n) is 16.2. The molecule has 1 aliphatic rings. The number of furan rings is 1. The number of rotatable bonds is 9. The molecular weight excluding hydrogens is 463 g/mol. The summed E-state index contributed by atoms with van der Waals surface area (Å²) in [5.74, 6) is 1.51. The molecule has 9 heteroatoms. The van der Waals surface area contributed by atoms with Crippen LogP contribution in [-0.4, -0.2) is 49.4 Å². The summed E-state index contributed by atoms with van der Waals surface area (Å²) >= 11 is 0. The lowest BCUT2D eigenvalue weighted by molar-refractivity contribution is 0.0437. The largest absolute Gasteiger partial charge is 0.466 e. The SMILES string of the molecule is CCNC(=NCC(C)(O)c1ccco1)NCC(NC(=O)OCC)C1CC1.I. The first-order valence-electron chi connectivity index (χ1n) is 9.18. The molecule has 0 radical (unpaired) electrons. The number of guanidine groups is 1. The summed E-state index contributed by atoms with van der Waals surface area (Å²) in [6.07, 6.45) is 3.33. The van der Waals surface area contributed by atoms with Gasteiger partial charge in [-0.25, -0.2) is 9.79 Å². The second kappa shape index (κ2) is 11.4. The summed E-state index contributed by atoms with van der Waals surface area (Å²) in [5, 5.41) is 19.8. The van der Waals surface area contributed by atoms with Crippen LogP contribution in [0.15, 0.2) is 27.8 Å². The number of carbonyl (C=O) groups is 1. The van der Waals surface area contributed by atoms with E-state index in [-0.39, 0.29) is 36.6 Å². The Labute approximate surface area is 177 Å². The van der Waals surface area contributed by atoms with Gasteiger partial charge in [0.25, 0.3) is 0 Å². The number of hydrogen-bond donors (Lipinski definition) is 4. The fraction of sp³-hybridized carbons (Fsp3) is 0.667. The average molecular weight is 494 g/mol. The lowest BCUT2D eigenvalue weighted by atomic mass is 10.0. The van der Waals surface area contributed by atoms with Gasteiger partial charge in [-0.2, -0.15) is 0 Å². The third-order valence-corrected chi connectivity index (χ3v) is 4.20. The Morgan fingerprint density at radius 3 is 2.74 bits per heavy atom. The summed E-state index contributed by atoms with van der Waals surface area (Å²) < 4.78 is 10.2. The van der Waals surface area contributed by atoms with Crippen LogP contribution in [0.3, 0.4) is 0 Å². The van der Waals surface area contributed by atoms with Crippen molar-refractivity contribution in [3.8, 4) is 0 Å². The topological polar surface area (TPSA) is 108 Å². The minimum atomic E-state index is -1.19. The molecule has 1 amide bonds. The molecule has 2 atom stereocenters. The molecule has 1 aliphatic carbocycles. The van der Waals surface area contributed by atoms with Crippen molar-refractivity contribution in [3.05, 3.63) is 24.2 Å². The van der Waals surface area contributed by atoms with E-state index in [0.29, 0.717) is 37.3 Å². The molecule has 0 aromatic carbocycles. The smallest absolute Gasteiger partial charge is 0.407 e. The van der Waals surface area contributed by atoms with Gasteiger partial charge in [0.05, 0.1) is 25.5 Å². The first kappa shape index (κ1) is 23.5. The Bertz CT molecular complexity index is 588. The minimum absolute atomic E-state index is 0. The molecule has 8 nitrogen and oxygen atoms in total. The van der Waals surface area contributed by atoms with Gasteiger partial charge in [-0.15, -0.1) is 24.0 Å². The van der Waals surface area contributed by atoms with Gasteiger partial charge in [0, 0.05) is 13.1 Å². The summed E-state index contributed by atoms with van der Waals surface area (Å²) in [4.78, 5) is 16.1. The van der Waals surface area contributed by atoms with E-state index in [1.807, 2.05) is 6.92 Å². The van der Waals surface area contributed by atoms with Crippen LogP contribution in [0.1, 0.15) is 39.4 Å². The summed E-state index contributed by atoms with van der Waals surface area (Å²) in [6, 6.07) is 3.45. The quantitative estimate of drug-likeness (QED) is 0.238. The minimum Gasteiger partial charge on any atom is -0.466 e. The number of ether oxygens (including phenoxy) is 1. The van der Waals surface area contributed by atoms with Crippen molar-refractivity contribution in [2.75, 3.05) is 26.2 Å². The van der Waals surface area contributed by atoms with Crippen LogP contribution >= 0.6 is 24.0 Å². The number of alkyl carbamates (subject to hydrolysis) is 1. The Balaban J connectivity index is 0.00000364. The zero-order chi connectivity index (χ0) is 19.0. The number of carbonyl (C=O) groups excluding carboxylic acids is 1. The van der Waals surface area contributed by atoms with Crippen molar-refractivity contribution in [2.24, 2.45) is 10.9 Å². The molecule has 1 fully saturated rings. The van der Waals surface area contributed by atoms with Crippen molar-refractivity contribution in [3.63, 3.8) is 0 Å². The fourth-order valence-electron chi connectivity index (χ4n) is 2.60. The van der Waals surface area contributed by atoms with Crippen molar-refractivity contribution in [1.82, 2.24) is 16.0 Å². The predicted molar refractivity (Wildman–Crippen MR) is 114 cm³/mol. The van der Waals surface area contributed by atoms with Gasteiger partial charge >= 0.3 is 6.09 Å². The van der Waals surface area contributed by atoms with Crippen LogP contribution in [0.4, 0.5) is 4.79 Å². The highest BCUT2D eigenvalue weighted by molar-refractivity contribution is 14.0. The second-order valence-corrected chi connectivity index (χ2v) is 6.64. The summed E-state index contributed by atoms with van der Waals surface area (Å²) in [5.41, 5.74) is -1.19. The summed E-state index contributed by atoms with van der Waals surface area (Å²) in [6.45, 7) is 7.14. The van der Waals surface area contributed by atoms with E-state index in [0.717, 1.165) is 12.8 Å². The summed E-state index contributed by atoms with van der Waals surface area (Å²) in [7, 11) is 0. The maximum Gasteiger partial charge on any atom is 0.407 e. The second-order valence-electron chi connectivity index (χ2n) is 6.64. The maximum atomic E-state index is 11.7. The average Bonchev–Trinajstić information content (AvgIpc) is 3.28. The predicted octanol–water partition coefficient (Wildman–Crippen LogP) is 2.18. The van der Waals surface area contributed by atoms with E-state index in [2.05, 4.69) is 20.9 Å². The van der Waals surface area contributed by atoms with E-state index < -0.39 is 11.7 Å². The van der Waals surface area contributed by atoms with Gasteiger partial charge in [-0.05, 0) is 51.7 Å².